The van der Waals surface area contributed by atoms with Gasteiger partial charge in [0, 0.05) is 24.4 Å². The first kappa shape index (κ1) is 13.8. The van der Waals surface area contributed by atoms with Gasteiger partial charge in [-0.3, -0.25) is 10.1 Å². The first-order chi connectivity index (χ1) is 9.15. The van der Waals surface area contributed by atoms with Crippen LogP contribution in [-0.4, -0.2) is 11.5 Å². The van der Waals surface area contributed by atoms with E-state index in [4.69, 9.17) is 0 Å². The van der Waals surface area contributed by atoms with Gasteiger partial charge in [0.15, 0.2) is 0 Å². The molecule has 1 saturated carbocycles. The second-order valence-electron chi connectivity index (χ2n) is 5.66. The summed E-state index contributed by atoms with van der Waals surface area (Å²) >= 11 is 0. The molecule has 0 bridgehead atoms. The molecular weight excluding hydrogens is 240 g/mol. The molecule has 2 unspecified atom stereocenters. The molecule has 2 atom stereocenters. The van der Waals surface area contributed by atoms with Crippen LogP contribution in [0.2, 0.25) is 0 Å². The van der Waals surface area contributed by atoms with Crippen molar-refractivity contribution in [1.82, 2.24) is 0 Å². The average Bonchev–Trinajstić information content (AvgIpc) is 2.39. The third-order valence-electron chi connectivity index (χ3n) is 4.00. The van der Waals surface area contributed by atoms with E-state index in [-0.39, 0.29) is 10.6 Å². The van der Waals surface area contributed by atoms with Crippen molar-refractivity contribution in [3.8, 4) is 0 Å². The Hall–Kier alpha value is -1.58. The van der Waals surface area contributed by atoms with Gasteiger partial charge < -0.3 is 5.32 Å². The molecule has 4 nitrogen and oxygen atoms in total. The third kappa shape index (κ3) is 4.23. The molecule has 0 aromatic heterocycles. The normalized spacial score (nSPS) is 23.0. The van der Waals surface area contributed by atoms with Gasteiger partial charge in [-0.2, -0.15) is 0 Å². The van der Waals surface area contributed by atoms with Crippen molar-refractivity contribution in [3.63, 3.8) is 0 Å². The van der Waals surface area contributed by atoms with Crippen molar-refractivity contribution in [3.05, 3.63) is 34.4 Å². The molecule has 4 heteroatoms. The lowest BCUT2D eigenvalue weighted by Gasteiger charge is -2.26. The van der Waals surface area contributed by atoms with Gasteiger partial charge in [-0.15, -0.1) is 0 Å². The highest BCUT2D eigenvalue weighted by atomic mass is 16.6. The van der Waals surface area contributed by atoms with E-state index in [2.05, 4.69) is 12.2 Å². The number of anilines is 1. The largest absolute Gasteiger partial charge is 0.385 e. The van der Waals surface area contributed by atoms with Crippen LogP contribution in [-0.2, 0) is 0 Å². The van der Waals surface area contributed by atoms with Crippen LogP contribution >= 0.6 is 0 Å². The van der Waals surface area contributed by atoms with E-state index < -0.39 is 0 Å². The minimum absolute atomic E-state index is 0.145. The fourth-order valence-corrected chi connectivity index (χ4v) is 2.94. The molecule has 0 aliphatic heterocycles. The summed E-state index contributed by atoms with van der Waals surface area (Å²) in [6.45, 7) is 3.30. The van der Waals surface area contributed by atoms with Gasteiger partial charge in [-0.25, -0.2) is 0 Å². The van der Waals surface area contributed by atoms with E-state index >= 15 is 0 Å². The summed E-state index contributed by atoms with van der Waals surface area (Å²) in [6.07, 6.45) is 6.64. The van der Waals surface area contributed by atoms with Crippen molar-refractivity contribution in [2.24, 2.45) is 11.8 Å². The summed E-state index contributed by atoms with van der Waals surface area (Å²) in [7, 11) is 0. The minimum Gasteiger partial charge on any atom is -0.385 e. The Bertz CT molecular complexity index is 417. The first-order valence-electron chi connectivity index (χ1n) is 7.13. The topological polar surface area (TPSA) is 55.2 Å². The molecule has 1 aromatic carbocycles. The molecule has 1 aromatic rings. The van der Waals surface area contributed by atoms with Crippen LogP contribution in [0.4, 0.5) is 11.4 Å². The minimum atomic E-state index is -0.368. The number of hydrogen-bond donors (Lipinski definition) is 1. The standard InChI is InChI=1S/C15H22N2O2/c1-12-3-2-4-13(11-12)9-10-16-14-5-7-15(8-6-14)17(18)19/h5-8,12-13,16H,2-4,9-11H2,1H3. The molecule has 19 heavy (non-hydrogen) atoms. The molecule has 0 heterocycles. The maximum atomic E-state index is 10.5. The number of non-ortho nitro benzene ring substituents is 1. The highest BCUT2D eigenvalue weighted by Gasteiger charge is 2.18. The molecule has 0 spiro atoms. The summed E-state index contributed by atoms with van der Waals surface area (Å²) in [6, 6.07) is 6.65. The molecule has 0 radical (unpaired) electrons. The Labute approximate surface area is 114 Å². The van der Waals surface area contributed by atoms with Gasteiger partial charge in [0.05, 0.1) is 4.92 Å². The van der Waals surface area contributed by atoms with Crippen LogP contribution in [0.1, 0.15) is 39.0 Å². The van der Waals surface area contributed by atoms with E-state index in [0.29, 0.717) is 0 Å². The van der Waals surface area contributed by atoms with E-state index in [0.717, 1.165) is 24.1 Å². The Morgan fingerprint density at radius 2 is 2.05 bits per heavy atom. The zero-order chi connectivity index (χ0) is 13.7. The number of nitro groups is 1. The van der Waals surface area contributed by atoms with Crippen LogP contribution in [0.3, 0.4) is 0 Å². The van der Waals surface area contributed by atoms with Gasteiger partial charge in [-0.05, 0) is 36.8 Å². The number of hydrogen-bond acceptors (Lipinski definition) is 3. The number of nitrogens with one attached hydrogen (secondary N) is 1. The highest BCUT2D eigenvalue weighted by molar-refractivity contribution is 5.48. The molecule has 104 valence electrons. The van der Waals surface area contributed by atoms with Crippen molar-refractivity contribution in [2.75, 3.05) is 11.9 Å². The van der Waals surface area contributed by atoms with E-state index in [9.17, 15) is 10.1 Å². The van der Waals surface area contributed by atoms with Gasteiger partial charge in [0.25, 0.3) is 5.69 Å². The summed E-state index contributed by atoms with van der Waals surface area (Å²) in [5.41, 5.74) is 1.11. The zero-order valence-electron chi connectivity index (χ0n) is 11.5. The summed E-state index contributed by atoms with van der Waals surface area (Å²) in [5.74, 6) is 1.72. The fraction of sp³-hybridized carbons (Fsp3) is 0.600. The molecule has 1 aliphatic carbocycles. The van der Waals surface area contributed by atoms with E-state index in [1.165, 1.54) is 32.1 Å². The van der Waals surface area contributed by atoms with Crippen LogP contribution in [0.25, 0.3) is 0 Å². The Balaban J connectivity index is 1.74. The smallest absolute Gasteiger partial charge is 0.269 e. The van der Waals surface area contributed by atoms with Crippen LogP contribution in [0.5, 0.6) is 0 Å². The Kier molecular flexibility index (Phi) is 4.77. The number of rotatable bonds is 5. The summed E-state index contributed by atoms with van der Waals surface area (Å²) in [5, 5.41) is 13.9. The molecular formula is C15H22N2O2. The Morgan fingerprint density at radius 1 is 1.32 bits per heavy atom. The highest BCUT2D eigenvalue weighted by Crippen LogP contribution is 2.30. The van der Waals surface area contributed by atoms with Crippen molar-refractivity contribution < 1.29 is 4.92 Å². The monoisotopic (exact) mass is 262 g/mol. The van der Waals surface area contributed by atoms with Gasteiger partial charge in [0.1, 0.15) is 0 Å². The molecule has 2 rings (SSSR count). The SMILES string of the molecule is CC1CCCC(CCNc2ccc([N+](=O)[O-])cc2)C1. The first-order valence-corrected chi connectivity index (χ1v) is 7.13. The predicted octanol–water partition coefficient (Wildman–Crippen LogP) is 4.22. The fourth-order valence-electron chi connectivity index (χ4n) is 2.94. The molecule has 0 saturated heterocycles. The Morgan fingerprint density at radius 3 is 2.68 bits per heavy atom. The lowest BCUT2D eigenvalue weighted by molar-refractivity contribution is -0.384. The number of nitro benzene ring substituents is 1. The maximum Gasteiger partial charge on any atom is 0.269 e. The lowest BCUT2D eigenvalue weighted by atomic mass is 9.81. The van der Waals surface area contributed by atoms with Gasteiger partial charge in [0.2, 0.25) is 0 Å². The third-order valence-corrected chi connectivity index (χ3v) is 4.00. The molecule has 1 aliphatic rings. The van der Waals surface area contributed by atoms with Crippen LogP contribution in [0.15, 0.2) is 24.3 Å². The summed E-state index contributed by atoms with van der Waals surface area (Å²) < 4.78 is 0. The van der Waals surface area contributed by atoms with Crippen LogP contribution in [0, 0.1) is 22.0 Å². The van der Waals surface area contributed by atoms with Gasteiger partial charge in [-0.1, -0.05) is 26.2 Å². The summed E-state index contributed by atoms with van der Waals surface area (Å²) in [4.78, 5) is 10.2. The molecule has 1 N–H and O–H groups in total. The van der Waals surface area contributed by atoms with Crippen molar-refractivity contribution >= 4 is 11.4 Å². The second-order valence-corrected chi connectivity index (χ2v) is 5.66. The predicted molar refractivity (Wildman–Crippen MR) is 77.3 cm³/mol. The zero-order valence-corrected chi connectivity index (χ0v) is 11.5. The van der Waals surface area contributed by atoms with Crippen molar-refractivity contribution in [1.29, 1.82) is 0 Å². The van der Waals surface area contributed by atoms with Crippen molar-refractivity contribution in [2.45, 2.75) is 39.0 Å². The quantitative estimate of drug-likeness (QED) is 0.638. The van der Waals surface area contributed by atoms with Crippen LogP contribution < -0.4 is 5.32 Å². The number of nitrogens with zero attached hydrogens (tertiary/aromatic N) is 1. The number of benzene rings is 1. The lowest BCUT2D eigenvalue weighted by Crippen LogP contribution is -2.16. The maximum absolute atomic E-state index is 10.5. The van der Waals surface area contributed by atoms with E-state index in [1.807, 2.05) is 0 Å². The average molecular weight is 262 g/mol. The molecule has 0 amide bonds. The van der Waals surface area contributed by atoms with Gasteiger partial charge >= 0.3 is 0 Å². The molecule has 1 fully saturated rings. The van der Waals surface area contributed by atoms with E-state index in [1.54, 1.807) is 24.3 Å². The second kappa shape index (κ2) is 6.55.